The van der Waals surface area contributed by atoms with Crippen molar-refractivity contribution in [2.24, 2.45) is 5.92 Å². The number of methoxy groups -OCH3 is 1. The van der Waals surface area contributed by atoms with E-state index < -0.39 is 0 Å². The molecule has 1 aromatic heterocycles. The minimum Gasteiger partial charge on any atom is -0.377 e. The predicted octanol–water partition coefficient (Wildman–Crippen LogP) is 1.25. The molecule has 102 valence electrons. The second-order valence-corrected chi connectivity index (χ2v) is 4.99. The molecule has 0 saturated carbocycles. The summed E-state index contributed by atoms with van der Waals surface area (Å²) in [4.78, 5) is 2.45. The lowest BCUT2D eigenvalue weighted by Gasteiger charge is -2.31. The van der Waals surface area contributed by atoms with Gasteiger partial charge in [-0.05, 0) is 45.4 Å². The van der Waals surface area contributed by atoms with Crippen LogP contribution >= 0.6 is 0 Å². The highest BCUT2D eigenvalue weighted by Crippen LogP contribution is 2.18. The lowest BCUT2D eigenvalue weighted by molar-refractivity contribution is 0.154. The zero-order valence-electron chi connectivity index (χ0n) is 11.3. The van der Waals surface area contributed by atoms with E-state index >= 15 is 0 Å². The summed E-state index contributed by atoms with van der Waals surface area (Å²) in [6.07, 6.45) is 2.53. The lowest BCUT2D eigenvalue weighted by atomic mass is 9.97. The fourth-order valence-corrected chi connectivity index (χ4v) is 2.51. The standard InChI is InChI=1S/C13H23N3O2/c1-14-8-11-3-5-16(6-4-11)9-12-7-13(10-17-2)18-15-12/h7,11,14H,3-6,8-10H2,1-2H3. The fourth-order valence-electron chi connectivity index (χ4n) is 2.51. The maximum atomic E-state index is 5.19. The molecule has 1 aromatic rings. The monoisotopic (exact) mass is 253 g/mol. The van der Waals surface area contributed by atoms with Crippen LogP contribution in [0.5, 0.6) is 0 Å². The molecule has 0 amide bonds. The Hall–Kier alpha value is -0.910. The van der Waals surface area contributed by atoms with Gasteiger partial charge in [-0.15, -0.1) is 0 Å². The van der Waals surface area contributed by atoms with E-state index in [2.05, 4.69) is 15.4 Å². The quantitative estimate of drug-likeness (QED) is 0.827. The van der Waals surface area contributed by atoms with Crippen LogP contribution in [0.4, 0.5) is 0 Å². The van der Waals surface area contributed by atoms with Crippen molar-refractivity contribution >= 4 is 0 Å². The SMILES string of the molecule is CNCC1CCN(Cc2cc(COC)on2)CC1. The Labute approximate surface area is 108 Å². The number of ether oxygens (including phenoxy) is 1. The van der Waals surface area contributed by atoms with E-state index in [0.717, 1.165) is 43.6 Å². The Morgan fingerprint density at radius 1 is 1.50 bits per heavy atom. The normalized spacial score (nSPS) is 18.3. The molecule has 0 aliphatic carbocycles. The maximum Gasteiger partial charge on any atom is 0.162 e. The molecule has 0 spiro atoms. The highest BCUT2D eigenvalue weighted by molar-refractivity contribution is 5.04. The van der Waals surface area contributed by atoms with Crippen LogP contribution in [0, 0.1) is 5.92 Å². The second kappa shape index (κ2) is 6.87. The van der Waals surface area contributed by atoms with Gasteiger partial charge in [0.2, 0.25) is 0 Å². The molecule has 0 unspecified atom stereocenters. The fraction of sp³-hybridized carbons (Fsp3) is 0.769. The van der Waals surface area contributed by atoms with Gasteiger partial charge in [0.15, 0.2) is 5.76 Å². The van der Waals surface area contributed by atoms with Gasteiger partial charge >= 0.3 is 0 Å². The number of hydrogen-bond acceptors (Lipinski definition) is 5. The largest absolute Gasteiger partial charge is 0.377 e. The van der Waals surface area contributed by atoms with E-state index in [-0.39, 0.29) is 0 Å². The van der Waals surface area contributed by atoms with Crippen LogP contribution < -0.4 is 5.32 Å². The van der Waals surface area contributed by atoms with Gasteiger partial charge in [-0.3, -0.25) is 4.90 Å². The molecule has 1 N–H and O–H groups in total. The summed E-state index contributed by atoms with van der Waals surface area (Å²) < 4.78 is 10.2. The third kappa shape index (κ3) is 3.80. The van der Waals surface area contributed by atoms with Gasteiger partial charge in [-0.1, -0.05) is 5.16 Å². The first-order valence-corrected chi connectivity index (χ1v) is 6.62. The number of nitrogens with one attached hydrogen (secondary N) is 1. The third-order valence-electron chi connectivity index (χ3n) is 3.48. The van der Waals surface area contributed by atoms with Crippen molar-refractivity contribution in [3.8, 4) is 0 Å². The summed E-state index contributed by atoms with van der Waals surface area (Å²) in [6.45, 7) is 4.82. The van der Waals surface area contributed by atoms with Gasteiger partial charge in [0.1, 0.15) is 6.61 Å². The Morgan fingerprint density at radius 2 is 2.28 bits per heavy atom. The van der Waals surface area contributed by atoms with Crippen molar-refractivity contribution in [2.75, 3.05) is 33.8 Å². The van der Waals surface area contributed by atoms with E-state index in [0.29, 0.717) is 6.61 Å². The number of likely N-dealkylation sites (tertiary alicyclic amines) is 1. The van der Waals surface area contributed by atoms with E-state index in [9.17, 15) is 0 Å². The molecule has 2 heterocycles. The van der Waals surface area contributed by atoms with Crippen LogP contribution in [0.3, 0.4) is 0 Å². The number of piperidine rings is 1. The zero-order valence-corrected chi connectivity index (χ0v) is 11.3. The first-order valence-electron chi connectivity index (χ1n) is 6.62. The summed E-state index contributed by atoms with van der Waals surface area (Å²) in [6, 6.07) is 1.99. The predicted molar refractivity (Wildman–Crippen MR) is 69.1 cm³/mol. The van der Waals surface area contributed by atoms with Crippen LogP contribution in [0.25, 0.3) is 0 Å². The summed E-state index contributed by atoms with van der Waals surface area (Å²) in [5.74, 6) is 1.63. The van der Waals surface area contributed by atoms with E-state index in [1.807, 2.05) is 13.1 Å². The van der Waals surface area contributed by atoms with Gasteiger partial charge in [0, 0.05) is 19.7 Å². The molecule has 1 saturated heterocycles. The van der Waals surface area contributed by atoms with Gasteiger partial charge in [-0.25, -0.2) is 0 Å². The molecule has 0 radical (unpaired) electrons. The summed E-state index contributed by atoms with van der Waals surface area (Å²) in [5, 5.41) is 7.33. The number of aromatic nitrogens is 1. The van der Waals surface area contributed by atoms with Crippen molar-refractivity contribution in [3.05, 3.63) is 17.5 Å². The van der Waals surface area contributed by atoms with Crippen molar-refractivity contribution in [3.63, 3.8) is 0 Å². The lowest BCUT2D eigenvalue weighted by Crippen LogP contribution is -2.36. The van der Waals surface area contributed by atoms with E-state index in [1.165, 1.54) is 12.8 Å². The Morgan fingerprint density at radius 3 is 2.94 bits per heavy atom. The van der Waals surface area contributed by atoms with Gasteiger partial charge in [0.25, 0.3) is 0 Å². The Kier molecular flexibility index (Phi) is 5.16. The number of nitrogens with zero attached hydrogens (tertiary/aromatic N) is 2. The minimum atomic E-state index is 0.497. The average molecular weight is 253 g/mol. The van der Waals surface area contributed by atoms with Crippen LogP contribution in [0.15, 0.2) is 10.6 Å². The number of rotatable bonds is 6. The smallest absolute Gasteiger partial charge is 0.162 e. The maximum absolute atomic E-state index is 5.19. The van der Waals surface area contributed by atoms with Crippen LogP contribution in [0.2, 0.25) is 0 Å². The highest BCUT2D eigenvalue weighted by atomic mass is 16.5. The minimum absolute atomic E-state index is 0.497. The molecule has 0 atom stereocenters. The highest BCUT2D eigenvalue weighted by Gasteiger charge is 2.19. The molecule has 18 heavy (non-hydrogen) atoms. The summed E-state index contributed by atoms with van der Waals surface area (Å²) >= 11 is 0. The summed E-state index contributed by atoms with van der Waals surface area (Å²) in [7, 11) is 3.69. The van der Waals surface area contributed by atoms with E-state index in [1.54, 1.807) is 7.11 Å². The molecular formula is C13H23N3O2. The zero-order chi connectivity index (χ0) is 12.8. The average Bonchev–Trinajstić information content (AvgIpc) is 2.80. The summed E-state index contributed by atoms with van der Waals surface area (Å²) in [5.41, 5.74) is 1.01. The first-order chi connectivity index (χ1) is 8.81. The van der Waals surface area contributed by atoms with Crippen molar-refractivity contribution < 1.29 is 9.26 Å². The molecular weight excluding hydrogens is 230 g/mol. The molecule has 2 rings (SSSR count). The molecule has 1 aliphatic heterocycles. The van der Waals surface area contributed by atoms with Gasteiger partial charge in [-0.2, -0.15) is 0 Å². The van der Waals surface area contributed by atoms with Crippen molar-refractivity contribution in [1.29, 1.82) is 0 Å². The van der Waals surface area contributed by atoms with Crippen LogP contribution in [-0.4, -0.2) is 43.8 Å². The molecule has 1 aliphatic rings. The van der Waals surface area contributed by atoms with Gasteiger partial charge in [0.05, 0.1) is 5.69 Å². The Balaban J connectivity index is 1.76. The molecule has 1 fully saturated rings. The number of hydrogen-bond donors (Lipinski definition) is 1. The van der Waals surface area contributed by atoms with Crippen LogP contribution in [0.1, 0.15) is 24.3 Å². The third-order valence-corrected chi connectivity index (χ3v) is 3.48. The van der Waals surface area contributed by atoms with Crippen molar-refractivity contribution in [2.45, 2.75) is 26.0 Å². The second-order valence-electron chi connectivity index (χ2n) is 4.99. The molecule has 0 aromatic carbocycles. The molecule has 5 heteroatoms. The molecule has 5 nitrogen and oxygen atoms in total. The van der Waals surface area contributed by atoms with Crippen LogP contribution in [-0.2, 0) is 17.9 Å². The van der Waals surface area contributed by atoms with E-state index in [4.69, 9.17) is 9.26 Å². The molecule has 0 bridgehead atoms. The first kappa shape index (κ1) is 13.5. The van der Waals surface area contributed by atoms with Gasteiger partial charge < -0.3 is 14.6 Å². The topological polar surface area (TPSA) is 50.5 Å². The van der Waals surface area contributed by atoms with Crippen molar-refractivity contribution in [1.82, 2.24) is 15.4 Å². The Bertz CT molecular complexity index is 346.